The van der Waals surface area contributed by atoms with Gasteiger partial charge in [0.15, 0.2) is 0 Å². The van der Waals surface area contributed by atoms with Crippen molar-refractivity contribution in [1.82, 2.24) is 5.32 Å². The van der Waals surface area contributed by atoms with Crippen molar-refractivity contribution in [3.8, 4) is 5.75 Å². The normalized spacial score (nSPS) is 17.0. The van der Waals surface area contributed by atoms with Gasteiger partial charge in [-0.2, -0.15) is 0 Å². The molecule has 1 amide bonds. The zero-order valence-corrected chi connectivity index (χ0v) is 12.4. The number of carbonyl (C=O) groups is 1. The first-order valence-corrected chi connectivity index (χ1v) is 7.11. The number of carbonyl (C=O) groups excluding carboxylic acids is 1. The van der Waals surface area contributed by atoms with Gasteiger partial charge < -0.3 is 20.1 Å². The van der Waals surface area contributed by atoms with Crippen LogP contribution in [0, 0.1) is 0 Å². The molecule has 1 heterocycles. The van der Waals surface area contributed by atoms with Crippen LogP contribution >= 0.6 is 0 Å². The highest BCUT2D eigenvalue weighted by Gasteiger charge is 2.39. The van der Waals surface area contributed by atoms with E-state index in [0.29, 0.717) is 30.9 Å². The number of rotatable bonds is 6. The summed E-state index contributed by atoms with van der Waals surface area (Å²) in [4.78, 5) is 12.5. The number of piperidine rings is 1. The fourth-order valence-electron chi connectivity index (χ4n) is 2.42. The Hall–Kier alpha value is -1.85. The molecule has 1 aliphatic heterocycles. The van der Waals surface area contributed by atoms with Crippen LogP contribution in [0.5, 0.6) is 5.75 Å². The first kappa shape index (κ1) is 15.5. The smallest absolute Gasteiger partial charge is 0.256 e. The number of nitrogens with one attached hydrogen (secondary N) is 2. The second-order valence-electron chi connectivity index (χ2n) is 5.03. The molecule has 1 aromatic rings. The Morgan fingerprint density at radius 3 is 2.90 bits per heavy atom. The number of methoxy groups -OCH3 is 1. The molecule has 0 aromatic heterocycles. The lowest BCUT2D eigenvalue weighted by atomic mass is 9.91. The van der Waals surface area contributed by atoms with E-state index >= 15 is 0 Å². The molecule has 1 saturated heterocycles. The van der Waals surface area contributed by atoms with E-state index in [1.54, 1.807) is 19.3 Å². The van der Waals surface area contributed by atoms with Crippen molar-refractivity contribution < 1.29 is 14.3 Å². The van der Waals surface area contributed by atoms with Crippen LogP contribution in [-0.2, 0) is 9.53 Å². The molecule has 5 nitrogen and oxygen atoms in total. The van der Waals surface area contributed by atoms with Crippen LogP contribution < -0.4 is 15.4 Å². The topological polar surface area (TPSA) is 59.6 Å². The molecule has 0 saturated carbocycles. The number of anilines is 1. The average Bonchev–Trinajstić information content (AvgIpc) is 2.54. The molecule has 5 heteroatoms. The fourth-order valence-corrected chi connectivity index (χ4v) is 2.42. The first-order valence-electron chi connectivity index (χ1n) is 7.11. The van der Waals surface area contributed by atoms with Gasteiger partial charge in [-0.25, -0.2) is 0 Å². The molecule has 0 aliphatic carbocycles. The van der Waals surface area contributed by atoms with Crippen LogP contribution in [0.15, 0.2) is 36.9 Å². The number of amides is 1. The van der Waals surface area contributed by atoms with Gasteiger partial charge in [0.1, 0.15) is 18.0 Å². The quantitative estimate of drug-likeness (QED) is 0.786. The largest absolute Gasteiger partial charge is 0.489 e. The van der Waals surface area contributed by atoms with Crippen molar-refractivity contribution in [1.29, 1.82) is 0 Å². The Balaban J connectivity index is 2.05. The van der Waals surface area contributed by atoms with Crippen molar-refractivity contribution in [3.05, 3.63) is 36.9 Å². The molecule has 21 heavy (non-hydrogen) atoms. The van der Waals surface area contributed by atoms with Crippen LogP contribution in [0.2, 0.25) is 0 Å². The lowest BCUT2D eigenvalue weighted by Crippen LogP contribution is -2.51. The summed E-state index contributed by atoms with van der Waals surface area (Å²) in [5.74, 6) is 0.594. The molecule has 2 N–H and O–H groups in total. The van der Waals surface area contributed by atoms with Crippen LogP contribution in [0.3, 0.4) is 0 Å². The lowest BCUT2D eigenvalue weighted by Gasteiger charge is -2.34. The second-order valence-corrected chi connectivity index (χ2v) is 5.03. The molecule has 0 bridgehead atoms. The highest BCUT2D eigenvalue weighted by molar-refractivity contribution is 5.97. The third-order valence-corrected chi connectivity index (χ3v) is 3.68. The molecule has 1 fully saturated rings. The van der Waals surface area contributed by atoms with E-state index in [1.165, 1.54) is 0 Å². The molecule has 0 atom stereocenters. The average molecular weight is 290 g/mol. The van der Waals surface area contributed by atoms with Crippen molar-refractivity contribution in [2.45, 2.75) is 18.4 Å². The second kappa shape index (κ2) is 7.24. The van der Waals surface area contributed by atoms with Crippen LogP contribution in [0.4, 0.5) is 5.69 Å². The van der Waals surface area contributed by atoms with Gasteiger partial charge >= 0.3 is 0 Å². The predicted octanol–water partition coefficient (Wildman–Crippen LogP) is 1.96. The van der Waals surface area contributed by atoms with Gasteiger partial charge in [-0.3, -0.25) is 4.79 Å². The van der Waals surface area contributed by atoms with Crippen LogP contribution in [-0.4, -0.2) is 38.3 Å². The Morgan fingerprint density at radius 1 is 1.48 bits per heavy atom. The standard InChI is InChI=1S/C16H22N2O3/c1-3-11-21-14-6-4-5-13(12-14)18-15(19)16(20-2)7-9-17-10-8-16/h3-6,12,17H,1,7-11H2,2H3,(H,18,19). The van der Waals surface area contributed by atoms with Gasteiger partial charge in [-0.1, -0.05) is 18.7 Å². The van der Waals surface area contributed by atoms with Crippen LogP contribution in [0.25, 0.3) is 0 Å². The van der Waals surface area contributed by atoms with Gasteiger partial charge in [0, 0.05) is 18.9 Å². The van der Waals surface area contributed by atoms with Gasteiger partial charge in [0.05, 0.1) is 0 Å². The molecular formula is C16H22N2O3. The summed E-state index contributed by atoms with van der Waals surface area (Å²) in [6.07, 6.45) is 3.02. The van der Waals surface area contributed by atoms with Crippen molar-refractivity contribution in [2.75, 3.05) is 32.1 Å². The third-order valence-electron chi connectivity index (χ3n) is 3.68. The lowest BCUT2D eigenvalue weighted by molar-refractivity contribution is -0.140. The van der Waals surface area contributed by atoms with Gasteiger partial charge in [-0.15, -0.1) is 0 Å². The number of hydrogen-bond acceptors (Lipinski definition) is 4. The number of hydrogen-bond donors (Lipinski definition) is 2. The van der Waals surface area contributed by atoms with E-state index in [9.17, 15) is 4.79 Å². The fraction of sp³-hybridized carbons (Fsp3) is 0.438. The summed E-state index contributed by atoms with van der Waals surface area (Å²) < 4.78 is 11.0. The molecular weight excluding hydrogens is 268 g/mol. The van der Waals surface area contributed by atoms with Crippen molar-refractivity contribution in [3.63, 3.8) is 0 Å². The van der Waals surface area contributed by atoms with Crippen LogP contribution in [0.1, 0.15) is 12.8 Å². The minimum atomic E-state index is -0.747. The first-order chi connectivity index (χ1) is 10.2. The maximum atomic E-state index is 12.5. The minimum absolute atomic E-state index is 0.104. The molecule has 0 unspecified atom stereocenters. The summed E-state index contributed by atoms with van der Waals surface area (Å²) in [5.41, 5.74) is -0.0417. The maximum absolute atomic E-state index is 12.5. The third kappa shape index (κ3) is 3.83. The minimum Gasteiger partial charge on any atom is -0.489 e. The molecule has 0 spiro atoms. The van der Waals surface area contributed by atoms with Gasteiger partial charge in [-0.05, 0) is 38.1 Å². The van der Waals surface area contributed by atoms with E-state index in [-0.39, 0.29) is 5.91 Å². The summed E-state index contributed by atoms with van der Waals surface area (Å²) >= 11 is 0. The van der Waals surface area contributed by atoms with Gasteiger partial charge in [0.25, 0.3) is 5.91 Å². The summed E-state index contributed by atoms with van der Waals surface area (Å²) in [6.45, 7) is 5.61. The highest BCUT2D eigenvalue weighted by Crippen LogP contribution is 2.25. The van der Waals surface area contributed by atoms with Crippen molar-refractivity contribution in [2.24, 2.45) is 0 Å². The molecule has 114 valence electrons. The number of ether oxygens (including phenoxy) is 2. The monoisotopic (exact) mass is 290 g/mol. The van der Waals surface area contributed by atoms with Gasteiger partial charge in [0.2, 0.25) is 0 Å². The van der Waals surface area contributed by atoms with Crippen molar-refractivity contribution >= 4 is 11.6 Å². The summed E-state index contributed by atoms with van der Waals surface area (Å²) in [6, 6.07) is 7.32. The van der Waals surface area contributed by atoms with E-state index in [1.807, 2.05) is 18.2 Å². The molecule has 1 aliphatic rings. The molecule has 2 rings (SSSR count). The predicted molar refractivity (Wildman–Crippen MR) is 82.6 cm³/mol. The molecule has 1 aromatic carbocycles. The molecule has 0 radical (unpaired) electrons. The Morgan fingerprint density at radius 2 is 2.24 bits per heavy atom. The number of benzene rings is 1. The Kier molecular flexibility index (Phi) is 5.36. The zero-order valence-electron chi connectivity index (χ0n) is 12.4. The van der Waals surface area contributed by atoms with E-state index in [0.717, 1.165) is 13.1 Å². The Labute approximate surface area is 125 Å². The van der Waals surface area contributed by atoms with E-state index in [4.69, 9.17) is 9.47 Å². The SMILES string of the molecule is C=CCOc1cccc(NC(=O)C2(OC)CCNCC2)c1. The zero-order chi connectivity index (χ0) is 15.1. The highest BCUT2D eigenvalue weighted by atomic mass is 16.5. The van der Waals surface area contributed by atoms with E-state index in [2.05, 4.69) is 17.2 Å². The summed E-state index contributed by atoms with van der Waals surface area (Å²) in [5, 5.41) is 6.16. The summed E-state index contributed by atoms with van der Waals surface area (Å²) in [7, 11) is 1.59. The maximum Gasteiger partial charge on any atom is 0.256 e. The Bertz CT molecular complexity index is 496. The van der Waals surface area contributed by atoms with E-state index < -0.39 is 5.60 Å².